The number of aromatic hydroxyl groups is 1. The van der Waals surface area contributed by atoms with Gasteiger partial charge in [-0.15, -0.1) is 11.3 Å². The number of anilines is 1. The number of carbonyl (C=O) groups excluding carboxylic acids is 1. The lowest BCUT2D eigenvalue weighted by Crippen LogP contribution is -2.13. The van der Waals surface area contributed by atoms with Crippen molar-refractivity contribution in [3.05, 3.63) is 39.3 Å². The maximum Gasteiger partial charge on any atom is 0.275 e. The third kappa shape index (κ3) is 2.74. The zero-order valence-corrected chi connectivity index (χ0v) is 11.5. The van der Waals surface area contributed by atoms with Crippen LogP contribution >= 0.6 is 11.3 Å². The van der Waals surface area contributed by atoms with E-state index >= 15 is 0 Å². The van der Waals surface area contributed by atoms with Crippen molar-refractivity contribution < 1.29 is 9.90 Å². The predicted molar refractivity (Wildman–Crippen MR) is 75.5 cm³/mol. The van der Waals surface area contributed by atoms with Crippen molar-refractivity contribution in [1.82, 2.24) is 4.98 Å². The molecule has 0 aliphatic heterocycles. The zero-order chi connectivity index (χ0) is 14.0. The highest BCUT2D eigenvalue weighted by Gasteiger charge is 2.13. The van der Waals surface area contributed by atoms with E-state index in [1.54, 1.807) is 24.4 Å². The number of amides is 1. The van der Waals surface area contributed by atoms with Crippen LogP contribution in [0.2, 0.25) is 0 Å². The second kappa shape index (κ2) is 5.38. The topological polar surface area (TPSA) is 88.2 Å². The molecular formula is C13H15N3O2S. The highest BCUT2D eigenvalue weighted by Crippen LogP contribution is 2.28. The Labute approximate surface area is 115 Å². The first-order valence-corrected chi connectivity index (χ1v) is 6.66. The van der Waals surface area contributed by atoms with Crippen molar-refractivity contribution in [2.24, 2.45) is 5.73 Å². The molecule has 2 rings (SSSR count). The molecule has 6 heteroatoms. The lowest BCUT2D eigenvalue weighted by Gasteiger charge is -2.10. The monoisotopic (exact) mass is 277 g/mol. The van der Waals surface area contributed by atoms with Crippen LogP contribution in [0, 0.1) is 13.8 Å². The molecule has 1 aromatic carbocycles. The number of hydrogen-bond donors (Lipinski definition) is 3. The van der Waals surface area contributed by atoms with E-state index in [1.807, 2.05) is 6.92 Å². The van der Waals surface area contributed by atoms with Gasteiger partial charge in [-0.3, -0.25) is 4.79 Å². The first-order valence-electron chi connectivity index (χ1n) is 5.78. The number of phenols is 1. The minimum atomic E-state index is -0.303. The van der Waals surface area contributed by atoms with Gasteiger partial charge in [-0.05, 0) is 25.5 Å². The minimum Gasteiger partial charge on any atom is -0.507 e. The number of aryl methyl sites for hydroxylation is 1. The molecule has 1 heterocycles. The molecule has 0 atom stereocenters. The molecule has 4 N–H and O–H groups in total. The number of phenolic OH excluding ortho intramolecular Hbond substituents is 1. The summed E-state index contributed by atoms with van der Waals surface area (Å²) in [5.74, 6) is -0.110. The number of thiazole rings is 1. The maximum absolute atomic E-state index is 12.0. The van der Waals surface area contributed by atoms with Gasteiger partial charge in [-0.25, -0.2) is 4.98 Å². The van der Waals surface area contributed by atoms with Gasteiger partial charge in [0.15, 0.2) is 0 Å². The van der Waals surface area contributed by atoms with Gasteiger partial charge in [0.05, 0.1) is 0 Å². The van der Waals surface area contributed by atoms with Gasteiger partial charge in [0.2, 0.25) is 0 Å². The van der Waals surface area contributed by atoms with Crippen molar-refractivity contribution in [3.8, 4) is 5.75 Å². The molecule has 19 heavy (non-hydrogen) atoms. The van der Waals surface area contributed by atoms with E-state index in [1.165, 1.54) is 11.3 Å². The average molecular weight is 277 g/mol. The summed E-state index contributed by atoms with van der Waals surface area (Å²) in [6.45, 7) is 3.88. The Hall–Kier alpha value is -1.92. The fourth-order valence-corrected chi connectivity index (χ4v) is 2.32. The van der Waals surface area contributed by atoms with E-state index in [-0.39, 0.29) is 11.7 Å². The molecule has 0 fully saturated rings. The average Bonchev–Trinajstić information content (AvgIpc) is 2.88. The molecule has 0 aliphatic carbocycles. The number of nitrogens with two attached hydrogens (primary N) is 1. The van der Waals surface area contributed by atoms with Crippen molar-refractivity contribution in [2.45, 2.75) is 20.4 Å². The SMILES string of the molecule is Cc1ccc(NC(=O)c2csc(CN)n2)c(C)c1O. The van der Waals surface area contributed by atoms with Gasteiger partial charge in [0.25, 0.3) is 5.91 Å². The molecule has 2 aromatic rings. The van der Waals surface area contributed by atoms with Crippen LogP contribution in [0.1, 0.15) is 26.6 Å². The number of nitrogens with zero attached hydrogens (tertiary/aromatic N) is 1. The summed E-state index contributed by atoms with van der Waals surface area (Å²) in [7, 11) is 0. The van der Waals surface area contributed by atoms with Gasteiger partial charge in [0.1, 0.15) is 16.5 Å². The molecule has 0 spiro atoms. The summed E-state index contributed by atoms with van der Waals surface area (Å²) in [4.78, 5) is 16.1. The lowest BCUT2D eigenvalue weighted by molar-refractivity contribution is 0.102. The molecule has 0 saturated heterocycles. The molecule has 100 valence electrons. The van der Waals surface area contributed by atoms with Gasteiger partial charge in [-0.2, -0.15) is 0 Å². The van der Waals surface area contributed by atoms with E-state index < -0.39 is 0 Å². The second-order valence-corrected chi connectivity index (χ2v) is 5.13. The van der Waals surface area contributed by atoms with Crippen molar-refractivity contribution in [3.63, 3.8) is 0 Å². The molecule has 5 nitrogen and oxygen atoms in total. The largest absolute Gasteiger partial charge is 0.507 e. The van der Waals surface area contributed by atoms with E-state index in [4.69, 9.17) is 5.73 Å². The van der Waals surface area contributed by atoms with Crippen LogP contribution in [0.3, 0.4) is 0 Å². The molecule has 1 amide bonds. The predicted octanol–water partition coefficient (Wildman–Crippen LogP) is 2.18. The van der Waals surface area contributed by atoms with Crippen LogP contribution in [0.25, 0.3) is 0 Å². The molecule has 0 unspecified atom stereocenters. The summed E-state index contributed by atoms with van der Waals surface area (Å²) in [6.07, 6.45) is 0. The van der Waals surface area contributed by atoms with Gasteiger partial charge in [-0.1, -0.05) is 6.07 Å². The van der Waals surface area contributed by atoms with E-state index in [0.717, 1.165) is 5.56 Å². The Kier molecular flexibility index (Phi) is 3.82. The van der Waals surface area contributed by atoms with Crippen LogP contribution in [0.5, 0.6) is 5.75 Å². The first kappa shape index (κ1) is 13.5. The lowest BCUT2D eigenvalue weighted by atomic mass is 10.1. The number of aromatic nitrogens is 1. The fourth-order valence-electron chi connectivity index (χ4n) is 1.67. The fraction of sp³-hybridized carbons (Fsp3) is 0.231. The first-order chi connectivity index (χ1) is 9.02. The second-order valence-electron chi connectivity index (χ2n) is 4.19. The Balaban J connectivity index is 2.21. The Bertz CT molecular complexity index is 622. The number of carbonyl (C=O) groups is 1. The zero-order valence-electron chi connectivity index (χ0n) is 10.7. The smallest absolute Gasteiger partial charge is 0.275 e. The highest BCUT2D eigenvalue weighted by atomic mass is 32.1. The third-order valence-corrected chi connectivity index (χ3v) is 3.71. The van der Waals surface area contributed by atoms with Crippen molar-refractivity contribution in [2.75, 3.05) is 5.32 Å². The number of benzene rings is 1. The minimum absolute atomic E-state index is 0.193. The van der Waals surface area contributed by atoms with Crippen molar-refractivity contribution >= 4 is 22.9 Å². The number of rotatable bonds is 3. The molecule has 0 saturated carbocycles. The van der Waals surface area contributed by atoms with Crippen LogP contribution in [0.4, 0.5) is 5.69 Å². The summed E-state index contributed by atoms with van der Waals surface area (Å²) in [6, 6.07) is 3.52. The van der Waals surface area contributed by atoms with E-state index in [0.29, 0.717) is 28.5 Å². The van der Waals surface area contributed by atoms with Crippen LogP contribution in [0.15, 0.2) is 17.5 Å². The Morgan fingerprint density at radius 3 is 2.84 bits per heavy atom. The standard InChI is InChI=1S/C13H15N3O2S/c1-7-3-4-9(8(2)12(7)17)16-13(18)10-6-19-11(5-14)15-10/h3-4,6,17H,5,14H2,1-2H3,(H,16,18). The van der Waals surface area contributed by atoms with E-state index in [9.17, 15) is 9.90 Å². The Morgan fingerprint density at radius 2 is 2.21 bits per heavy atom. The number of hydrogen-bond acceptors (Lipinski definition) is 5. The Morgan fingerprint density at radius 1 is 1.47 bits per heavy atom. The quantitative estimate of drug-likeness (QED) is 0.802. The molecule has 0 aliphatic rings. The van der Waals surface area contributed by atoms with E-state index in [2.05, 4.69) is 10.3 Å². The normalized spacial score (nSPS) is 10.5. The number of nitrogens with one attached hydrogen (secondary N) is 1. The van der Waals surface area contributed by atoms with Gasteiger partial charge >= 0.3 is 0 Å². The highest BCUT2D eigenvalue weighted by molar-refractivity contribution is 7.09. The summed E-state index contributed by atoms with van der Waals surface area (Å²) < 4.78 is 0. The summed E-state index contributed by atoms with van der Waals surface area (Å²) >= 11 is 1.35. The van der Waals surface area contributed by atoms with Crippen LogP contribution in [-0.4, -0.2) is 16.0 Å². The summed E-state index contributed by atoms with van der Waals surface area (Å²) in [5, 5.41) is 15.0. The molecule has 1 aromatic heterocycles. The maximum atomic E-state index is 12.0. The molecular weight excluding hydrogens is 262 g/mol. The van der Waals surface area contributed by atoms with Crippen LogP contribution < -0.4 is 11.1 Å². The third-order valence-electron chi connectivity index (χ3n) is 2.84. The molecule has 0 bridgehead atoms. The van der Waals surface area contributed by atoms with Gasteiger partial charge < -0.3 is 16.2 Å². The summed E-state index contributed by atoms with van der Waals surface area (Å²) in [5.41, 5.74) is 7.79. The molecule has 0 radical (unpaired) electrons. The van der Waals surface area contributed by atoms with Gasteiger partial charge in [0, 0.05) is 23.2 Å². The van der Waals surface area contributed by atoms with Crippen LogP contribution in [-0.2, 0) is 6.54 Å². The van der Waals surface area contributed by atoms with Crippen molar-refractivity contribution in [1.29, 1.82) is 0 Å².